The summed E-state index contributed by atoms with van der Waals surface area (Å²) in [5.74, 6) is -0.573. The molecule has 2 aromatic rings. The van der Waals surface area contributed by atoms with Gasteiger partial charge in [-0.3, -0.25) is 19.7 Å². The zero-order valence-electron chi connectivity index (χ0n) is 15.4. The number of anilines is 1. The van der Waals surface area contributed by atoms with Gasteiger partial charge >= 0.3 is 0 Å². The molecular weight excluding hydrogens is 394 g/mol. The summed E-state index contributed by atoms with van der Waals surface area (Å²) in [6, 6.07) is 14.9. The maximum absolute atomic E-state index is 12.1. The average molecular weight is 411 g/mol. The van der Waals surface area contributed by atoms with E-state index in [1.54, 1.807) is 31.2 Å². The number of carbonyl (C=O) groups excluding carboxylic acids is 2. The molecular formula is C19H17N5O4S. The molecule has 0 bridgehead atoms. The minimum Gasteiger partial charge on any atom is -0.326 e. The molecule has 1 saturated heterocycles. The lowest BCUT2D eigenvalue weighted by Gasteiger charge is -2.06. The summed E-state index contributed by atoms with van der Waals surface area (Å²) in [4.78, 5) is 34.4. The molecule has 0 spiro atoms. The highest BCUT2D eigenvalue weighted by atomic mass is 32.2. The second-order valence-corrected chi connectivity index (χ2v) is 7.30. The van der Waals surface area contributed by atoms with Crippen LogP contribution < -0.4 is 10.6 Å². The molecule has 0 radical (unpaired) electrons. The van der Waals surface area contributed by atoms with E-state index in [0.29, 0.717) is 22.1 Å². The fourth-order valence-corrected chi connectivity index (χ4v) is 3.41. The van der Waals surface area contributed by atoms with Gasteiger partial charge in [0, 0.05) is 24.2 Å². The van der Waals surface area contributed by atoms with Crippen LogP contribution in [-0.2, 0) is 9.59 Å². The summed E-state index contributed by atoms with van der Waals surface area (Å²) < 4.78 is 0. The van der Waals surface area contributed by atoms with Crippen LogP contribution in [0.15, 0.2) is 64.8 Å². The van der Waals surface area contributed by atoms with Crippen LogP contribution in [0.5, 0.6) is 0 Å². The van der Waals surface area contributed by atoms with E-state index < -0.39 is 10.2 Å². The Labute approximate surface area is 170 Å². The van der Waals surface area contributed by atoms with Gasteiger partial charge < -0.3 is 10.6 Å². The zero-order valence-corrected chi connectivity index (χ0v) is 16.2. The summed E-state index contributed by atoms with van der Waals surface area (Å²) in [6.07, 6.45) is 0.00939. The Morgan fingerprint density at radius 3 is 2.55 bits per heavy atom. The number of rotatable bonds is 6. The van der Waals surface area contributed by atoms with Gasteiger partial charge in [-0.15, -0.1) is 5.10 Å². The van der Waals surface area contributed by atoms with Crippen molar-refractivity contribution in [3.63, 3.8) is 0 Å². The van der Waals surface area contributed by atoms with Gasteiger partial charge in [0.1, 0.15) is 5.25 Å². The van der Waals surface area contributed by atoms with Crippen molar-refractivity contribution in [3.05, 3.63) is 70.3 Å². The van der Waals surface area contributed by atoms with Crippen molar-refractivity contribution >= 4 is 45.8 Å². The van der Waals surface area contributed by atoms with Crippen LogP contribution in [-0.4, -0.2) is 32.9 Å². The summed E-state index contributed by atoms with van der Waals surface area (Å²) in [5, 5.41) is 23.8. The molecule has 9 nitrogen and oxygen atoms in total. The molecule has 0 aliphatic carbocycles. The Kier molecular flexibility index (Phi) is 6.35. The lowest BCUT2D eigenvalue weighted by molar-refractivity contribution is -0.384. The van der Waals surface area contributed by atoms with Gasteiger partial charge in [0.2, 0.25) is 11.8 Å². The van der Waals surface area contributed by atoms with Crippen molar-refractivity contribution in [2.45, 2.75) is 18.6 Å². The van der Waals surface area contributed by atoms with Crippen molar-refractivity contribution < 1.29 is 14.5 Å². The third-order valence-electron chi connectivity index (χ3n) is 3.99. The molecule has 10 heteroatoms. The average Bonchev–Trinajstić information content (AvgIpc) is 3.06. The monoisotopic (exact) mass is 411 g/mol. The van der Waals surface area contributed by atoms with Crippen LogP contribution >= 0.6 is 11.8 Å². The quantitative estimate of drug-likeness (QED) is 0.429. The first-order valence-corrected chi connectivity index (χ1v) is 9.50. The predicted octanol–water partition coefficient (Wildman–Crippen LogP) is 2.94. The normalized spacial score (nSPS) is 17.8. The third kappa shape index (κ3) is 5.48. The van der Waals surface area contributed by atoms with E-state index in [4.69, 9.17) is 0 Å². The van der Waals surface area contributed by atoms with Gasteiger partial charge in [0.25, 0.3) is 5.69 Å². The maximum Gasteiger partial charge on any atom is 0.269 e. The number of nitro groups is 1. The Bertz CT molecular complexity index is 989. The van der Waals surface area contributed by atoms with Crippen LogP contribution in [0.4, 0.5) is 11.4 Å². The molecule has 29 heavy (non-hydrogen) atoms. The number of carbonyl (C=O) groups is 2. The molecule has 1 heterocycles. The highest BCUT2D eigenvalue weighted by Gasteiger charge is 2.32. The molecule has 2 aromatic carbocycles. The van der Waals surface area contributed by atoms with E-state index in [1.807, 2.05) is 18.2 Å². The van der Waals surface area contributed by atoms with E-state index in [-0.39, 0.29) is 23.9 Å². The Hall–Kier alpha value is -3.53. The summed E-state index contributed by atoms with van der Waals surface area (Å²) in [5.41, 5.74) is 1.86. The number of hydrogen-bond donors (Lipinski definition) is 2. The van der Waals surface area contributed by atoms with E-state index in [2.05, 4.69) is 20.8 Å². The molecule has 0 saturated carbocycles. The fraction of sp³-hybridized carbons (Fsp3) is 0.158. The van der Waals surface area contributed by atoms with Crippen LogP contribution in [0, 0.1) is 10.1 Å². The molecule has 1 unspecified atom stereocenters. The van der Waals surface area contributed by atoms with Gasteiger partial charge in [0.15, 0.2) is 5.17 Å². The first-order valence-electron chi connectivity index (χ1n) is 8.62. The zero-order chi connectivity index (χ0) is 20.8. The largest absolute Gasteiger partial charge is 0.326 e. The van der Waals surface area contributed by atoms with Crippen LogP contribution in [0.3, 0.4) is 0 Å². The summed E-state index contributed by atoms with van der Waals surface area (Å²) in [6.45, 7) is 1.71. The Balaban J connectivity index is 1.60. The molecule has 2 amide bonds. The first kappa shape index (κ1) is 20.2. The van der Waals surface area contributed by atoms with Gasteiger partial charge in [0.05, 0.1) is 10.6 Å². The van der Waals surface area contributed by atoms with Crippen molar-refractivity contribution in [3.8, 4) is 0 Å². The molecule has 1 aliphatic heterocycles. The highest BCUT2D eigenvalue weighted by Crippen LogP contribution is 2.23. The van der Waals surface area contributed by atoms with Crippen LogP contribution in [0.25, 0.3) is 0 Å². The van der Waals surface area contributed by atoms with Crippen molar-refractivity contribution in [1.29, 1.82) is 0 Å². The number of nitrogens with zero attached hydrogens (tertiary/aromatic N) is 3. The second-order valence-electron chi connectivity index (χ2n) is 6.11. The van der Waals surface area contributed by atoms with E-state index in [1.165, 1.54) is 12.1 Å². The second kappa shape index (κ2) is 9.11. The first-order chi connectivity index (χ1) is 13.9. The molecule has 0 aromatic heterocycles. The lowest BCUT2D eigenvalue weighted by atomic mass is 10.1. The van der Waals surface area contributed by atoms with Gasteiger partial charge in [-0.1, -0.05) is 30.0 Å². The number of benzene rings is 2. The van der Waals surface area contributed by atoms with Crippen LogP contribution in [0.1, 0.15) is 18.9 Å². The summed E-state index contributed by atoms with van der Waals surface area (Å²) in [7, 11) is 0. The van der Waals surface area contributed by atoms with Gasteiger partial charge in [-0.25, -0.2) is 0 Å². The number of thioether (sulfide) groups is 1. The Morgan fingerprint density at radius 1 is 1.21 bits per heavy atom. The third-order valence-corrected chi connectivity index (χ3v) is 5.06. The number of non-ortho nitro benzene ring substituents is 1. The molecule has 148 valence electrons. The highest BCUT2D eigenvalue weighted by molar-refractivity contribution is 8.15. The lowest BCUT2D eigenvalue weighted by Crippen LogP contribution is -2.28. The number of nitrogens with one attached hydrogen (secondary N) is 2. The number of hydrogen-bond acceptors (Lipinski definition) is 7. The van der Waals surface area contributed by atoms with Gasteiger partial charge in [-0.2, -0.15) is 5.10 Å². The molecule has 1 aliphatic rings. The standard InChI is InChI=1S/C19H17N5O4S/c1-12(13-7-9-15(10-8-13)24(27)28)22-23-19-21-18(26)16(29-19)11-17(25)20-14-5-3-2-4-6-14/h2-10,16H,11H2,1H3,(H,20,25)(H,21,23,26)/b22-12+. The van der Waals surface area contributed by atoms with Crippen molar-refractivity contribution in [1.82, 2.24) is 5.32 Å². The number of amidine groups is 1. The van der Waals surface area contributed by atoms with E-state index >= 15 is 0 Å². The minimum atomic E-state index is -0.590. The SMILES string of the molecule is C/C(=N\N=C1\NC(=O)C(CC(=O)Nc2ccccc2)S1)c1ccc([N+](=O)[O-])cc1. The predicted molar refractivity (Wildman–Crippen MR) is 112 cm³/mol. The molecule has 1 fully saturated rings. The molecule has 2 N–H and O–H groups in total. The van der Waals surface area contributed by atoms with Gasteiger partial charge in [-0.05, 0) is 36.8 Å². The summed E-state index contributed by atoms with van der Waals surface area (Å²) >= 11 is 1.13. The minimum absolute atomic E-state index is 0.00939. The fourth-order valence-electron chi connectivity index (χ4n) is 2.49. The topological polar surface area (TPSA) is 126 Å². The van der Waals surface area contributed by atoms with E-state index in [9.17, 15) is 19.7 Å². The number of para-hydroxylation sites is 1. The molecule has 1 atom stereocenters. The maximum atomic E-state index is 12.1. The van der Waals surface area contributed by atoms with Crippen molar-refractivity contribution in [2.75, 3.05) is 5.32 Å². The van der Waals surface area contributed by atoms with E-state index in [0.717, 1.165) is 11.8 Å². The van der Waals surface area contributed by atoms with Crippen LogP contribution in [0.2, 0.25) is 0 Å². The number of nitro benzene ring substituents is 1. The smallest absolute Gasteiger partial charge is 0.269 e. The van der Waals surface area contributed by atoms with Crippen molar-refractivity contribution in [2.24, 2.45) is 10.2 Å². The Morgan fingerprint density at radius 2 is 1.90 bits per heavy atom. The molecule has 3 rings (SSSR count). The number of amides is 2.